The van der Waals surface area contributed by atoms with Crippen molar-refractivity contribution in [3.05, 3.63) is 201 Å². The molecule has 0 aromatic heterocycles. The third-order valence-electron chi connectivity index (χ3n) is 10.7. The number of rotatable bonds is 17. The minimum Gasteiger partial charge on any atom is -0.486 e. The molecule has 2 aliphatic heterocycles. The van der Waals surface area contributed by atoms with Crippen molar-refractivity contribution >= 4 is 15.9 Å². The summed E-state index contributed by atoms with van der Waals surface area (Å²) in [7, 11) is 1.67. The van der Waals surface area contributed by atoms with Gasteiger partial charge in [-0.15, -0.1) is 0 Å². The van der Waals surface area contributed by atoms with E-state index in [0.29, 0.717) is 39.5 Å². The second-order valence-electron chi connectivity index (χ2n) is 14.7. The lowest BCUT2D eigenvalue weighted by atomic mass is 9.86. The van der Waals surface area contributed by atoms with Crippen LogP contribution in [0.3, 0.4) is 0 Å². The van der Waals surface area contributed by atoms with Crippen molar-refractivity contribution < 1.29 is 37.9 Å². The minimum absolute atomic E-state index is 0.205. The van der Waals surface area contributed by atoms with Crippen LogP contribution in [0.2, 0.25) is 0 Å². The van der Waals surface area contributed by atoms with Crippen molar-refractivity contribution in [1.29, 1.82) is 0 Å². The Balaban J connectivity index is 1.20. The van der Waals surface area contributed by atoms with E-state index in [0.717, 1.165) is 54.9 Å². The minimum atomic E-state index is -1.45. The van der Waals surface area contributed by atoms with Gasteiger partial charge in [-0.1, -0.05) is 149 Å². The van der Waals surface area contributed by atoms with E-state index in [1.165, 1.54) is 0 Å². The molecule has 1 fully saturated rings. The third kappa shape index (κ3) is 10.1. The SMILES string of the molecule is COC1(c2ccc(Br)c(Cc3ccc4c(c3)OCCO4)c2)O[C@H](COCc2ccccc2)[C@@H](OCc2ccccc2)[C@H](OCc2ccccc2)[C@H]1OCc1ccccc1. The van der Waals surface area contributed by atoms with Crippen LogP contribution in [-0.4, -0.2) is 51.3 Å². The fraction of sp³-hybridized carbons (Fsp3) is 0.280. The maximum absolute atomic E-state index is 7.32. The van der Waals surface area contributed by atoms with E-state index in [2.05, 4.69) is 64.5 Å². The molecule has 0 amide bonds. The Hall–Kier alpha value is -4.84. The van der Waals surface area contributed by atoms with Gasteiger partial charge in [0.2, 0.25) is 5.79 Å². The van der Waals surface area contributed by atoms with Crippen LogP contribution >= 0.6 is 15.9 Å². The van der Waals surface area contributed by atoms with Gasteiger partial charge in [0, 0.05) is 17.1 Å². The molecule has 2 heterocycles. The highest BCUT2D eigenvalue weighted by molar-refractivity contribution is 9.10. The zero-order chi connectivity index (χ0) is 40.3. The largest absolute Gasteiger partial charge is 0.486 e. The maximum atomic E-state index is 7.32. The maximum Gasteiger partial charge on any atom is 0.225 e. The first-order valence-corrected chi connectivity index (χ1v) is 20.9. The summed E-state index contributed by atoms with van der Waals surface area (Å²) < 4.78 is 54.2. The van der Waals surface area contributed by atoms with Crippen LogP contribution in [0.15, 0.2) is 162 Å². The molecule has 2 aliphatic rings. The Kier molecular flexibility index (Phi) is 13.8. The molecule has 1 unspecified atom stereocenters. The molecule has 0 aliphatic carbocycles. The normalized spacial score (nSPS) is 21.3. The topological polar surface area (TPSA) is 73.8 Å². The van der Waals surface area contributed by atoms with E-state index in [-0.39, 0.29) is 13.2 Å². The number of hydrogen-bond donors (Lipinski definition) is 0. The molecular formula is C50H49BrO8. The van der Waals surface area contributed by atoms with Crippen LogP contribution in [0.1, 0.15) is 38.9 Å². The van der Waals surface area contributed by atoms with E-state index in [1.807, 2.05) is 109 Å². The first-order valence-electron chi connectivity index (χ1n) is 20.1. The van der Waals surface area contributed by atoms with Crippen molar-refractivity contribution in [3.63, 3.8) is 0 Å². The smallest absolute Gasteiger partial charge is 0.225 e. The van der Waals surface area contributed by atoms with Crippen molar-refractivity contribution in [3.8, 4) is 11.5 Å². The molecule has 59 heavy (non-hydrogen) atoms. The monoisotopic (exact) mass is 856 g/mol. The summed E-state index contributed by atoms with van der Waals surface area (Å²) in [5.74, 6) is 0.0510. The Morgan fingerprint density at radius 3 is 1.69 bits per heavy atom. The molecule has 6 aromatic rings. The number of methoxy groups -OCH3 is 1. The zero-order valence-electron chi connectivity index (χ0n) is 33.1. The molecular weight excluding hydrogens is 808 g/mol. The quantitative estimate of drug-likeness (QED) is 0.0899. The van der Waals surface area contributed by atoms with Gasteiger partial charge in [-0.05, 0) is 64.1 Å². The molecule has 6 aromatic carbocycles. The van der Waals surface area contributed by atoms with E-state index < -0.39 is 30.2 Å². The van der Waals surface area contributed by atoms with Crippen molar-refractivity contribution in [2.45, 2.75) is 63.1 Å². The Morgan fingerprint density at radius 2 is 1.10 bits per heavy atom. The molecule has 0 spiro atoms. The summed E-state index contributed by atoms with van der Waals surface area (Å²) in [4.78, 5) is 0. The van der Waals surface area contributed by atoms with Crippen LogP contribution in [0.5, 0.6) is 11.5 Å². The highest BCUT2D eigenvalue weighted by Crippen LogP contribution is 2.45. The van der Waals surface area contributed by atoms with Crippen molar-refractivity contribution in [1.82, 2.24) is 0 Å². The summed E-state index contributed by atoms with van der Waals surface area (Å²) >= 11 is 3.85. The summed E-state index contributed by atoms with van der Waals surface area (Å²) in [6.45, 7) is 2.59. The number of halogens is 1. The first-order chi connectivity index (χ1) is 29.1. The average Bonchev–Trinajstić information content (AvgIpc) is 3.29. The van der Waals surface area contributed by atoms with Gasteiger partial charge in [0.05, 0.1) is 33.0 Å². The summed E-state index contributed by atoms with van der Waals surface area (Å²) in [5.41, 5.74) is 6.99. The second-order valence-corrected chi connectivity index (χ2v) is 15.6. The molecule has 0 saturated carbocycles. The number of benzene rings is 6. The lowest BCUT2D eigenvalue weighted by molar-refractivity contribution is -0.385. The second kappa shape index (κ2) is 19.9. The van der Waals surface area contributed by atoms with Gasteiger partial charge < -0.3 is 37.9 Å². The van der Waals surface area contributed by atoms with E-state index in [4.69, 9.17) is 37.9 Å². The fourth-order valence-electron chi connectivity index (χ4n) is 7.70. The van der Waals surface area contributed by atoms with Crippen LogP contribution in [-0.2, 0) is 67.1 Å². The van der Waals surface area contributed by atoms with E-state index in [9.17, 15) is 0 Å². The Bertz CT molecular complexity index is 2210. The number of fused-ring (bicyclic) bond motifs is 1. The predicted octanol–water partition coefficient (Wildman–Crippen LogP) is 9.98. The van der Waals surface area contributed by atoms with E-state index >= 15 is 0 Å². The summed E-state index contributed by atoms with van der Waals surface area (Å²) in [6.07, 6.45) is -2.12. The third-order valence-corrected chi connectivity index (χ3v) is 11.5. The van der Waals surface area contributed by atoms with Crippen LogP contribution in [0, 0.1) is 0 Å². The lowest BCUT2D eigenvalue weighted by Crippen LogP contribution is -2.66. The van der Waals surface area contributed by atoms with Crippen molar-refractivity contribution in [2.75, 3.05) is 26.9 Å². The average molecular weight is 858 g/mol. The van der Waals surface area contributed by atoms with E-state index in [1.54, 1.807) is 7.11 Å². The molecule has 0 bridgehead atoms. The molecule has 8 rings (SSSR count). The molecule has 0 N–H and O–H groups in total. The highest BCUT2D eigenvalue weighted by atomic mass is 79.9. The van der Waals surface area contributed by atoms with Gasteiger partial charge >= 0.3 is 0 Å². The molecule has 5 atom stereocenters. The Labute approximate surface area is 355 Å². The summed E-state index contributed by atoms with van der Waals surface area (Å²) in [6, 6.07) is 52.8. The van der Waals surface area contributed by atoms with Gasteiger partial charge in [0.15, 0.2) is 11.5 Å². The van der Waals surface area contributed by atoms with Crippen LogP contribution in [0.4, 0.5) is 0 Å². The lowest BCUT2D eigenvalue weighted by Gasteiger charge is -2.52. The van der Waals surface area contributed by atoms with Crippen molar-refractivity contribution in [2.24, 2.45) is 0 Å². The Morgan fingerprint density at radius 1 is 0.559 bits per heavy atom. The molecule has 9 heteroatoms. The standard InChI is InChI=1S/C50H49BrO8/c1-52-50(42-23-24-43(51)41(30-42)28-40-22-25-44-45(29-40)55-27-26-54-44)49(58-34-39-20-12-5-13-21-39)48(57-33-38-18-10-4-11-19-38)47(56-32-37-16-8-3-9-17-37)46(59-50)35-53-31-36-14-6-2-7-15-36/h2-25,29-30,46-49H,26-28,31-35H2,1H3/t46-,47-,48+,49-,50?/m1/s1. The molecule has 8 nitrogen and oxygen atoms in total. The molecule has 0 radical (unpaired) electrons. The molecule has 304 valence electrons. The summed E-state index contributed by atoms with van der Waals surface area (Å²) in [5, 5.41) is 0. The van der Waals surface area contributed by atoms with Gasteiger partial charge in [0.1, 0.15) is 37.6 Å². The fourth-order valence-corrected chi connectivity index (χ4v) is 8.08. The number of hydrogen-bond acceptors (Lipinski definition) is 8. The number of ether oxygens (including phenoxy) is 8. The van der Waals surface area contributed by atoms with Gasteiger partial charge in [0.25, 0.3) is 0 Å². The highest BCUT2D eigenvalue weighted by Gasteiger charge is 2.58. The van der Waals surface area contributed by atoms with Gasteiger partial charge in [-0.25, -0.2) is 0 Å². The zero-order valence-corrected chi connectivity index (χ0v) is 34.7. The van der Waals surface area contributed by atoms with Crippen LogP contribution in [0.25, 0.3) is 0 Å². The predicted molar refractivity (Wildman–Crippen MR) is 229 cm³/mol. The molecule has 1 saturated heterocycles. The first kappa shape index (κ1) is 40.9. The van der Waals surface area contributed by atoms with Gasteiger partial charge in [-0.2, -0.15) is 0 Å². The van der Waals surface area contributed by atoms with Gasteiger partial charge in [-0.3, -0.25) is 0 Å². The van der Waals surface area contributed by atoms with Crippen LogP contribution < -0.4 is 9.47 Å².